The molecule has 0 amide bonds. The number of rotatable bonds is 4. The standard InChI is InChI=1S/C15H11Cl2N3O3S/c16-10-4-1-2-6-12(10)20-9-8-14(18-20)19-24(22,23)13-7-3-5-11(17)15(13)21/h1-9,21H,(H,18,19). The lowest BCUT2D eigenvalue weighted by Gasteiger charge is -2.08. The smallest absolute Gasteiger partial charge is 0.266 e. The number of nitrogens with one attached hydrogen (secondary N) is 1. The molecule has 6 nitrogen and oxygen atoms in total. The fraction of sp³-hybridized carbons (Fsp3) is 0. The van der Waals surface area contributed by atoms with Crippen molar-refractivity contribution in [3.8, 4) is 11.4 Å². The van der Waals surface area contributed by atoms with Crippen molar-refractivity contribution in [3.63, 3.8) is 0 Å². The molecule has 0 spiro atoms. The summed E-state index contributed by atoms with van der Waals surface area (Å²) in [5.74, 6) is -0.438. The molecule has 1 aromatic heterocycles. The van der Waals surface area contributed by atoms with Gasteiger partial charge in [0.15, 0.2) is 11.6 Å². The lowest BCUT2D eigenvalue weighted by atomic mass is 10.3. The Labute approximate surface area is 148 Å². The number of anilines is 1. The molecule has 2 N–H and O–H groups in total. The maximum absolute atomic E-state index is 12.4. The lowest BCUT2D eigenvalue weighted by Crippen LogP contribution is -2.14. The van der Waals surface area contributed by atoms with Crippen molar-refractivity contribution >= 4 is 39.0 Å². The summed E-state index contributed by atoms with van der Waals surface area (Å²) >= 11 is 11.8. The largest absolute Gasteiger partial charge is 0.505 e. The van der Waals surface area contributed by atoms with Gasteiger partial charge in [0.2, 0.25) is 0 Å². The van der Waals surface area contributed by atoms with E-state index in [1.807, 2.05) is 0 Å². The second-order valence-corrected chi connectivity index (χ2v) is 7.25. The second kappa shape index (κ2) is 6.35. The molecule has 0 unspecified atom stereocenters. The number of sulfonamides is 1. The molecular formula is C15H11Cl2N3O3S. The number of nitrogens with zero attached hydrogens (tertiary/aromatic N) is 2. The van der Waals surface area contributed by atoms with Crippen LogP contribution in [0.15, 0.2) is 59.6 Å². The van der Waals surface area contributed by atoms with Gasteiger partial charge in [0.25, 0.3) is 10.0 Å². The predicted octanol–water partition coefficient (Wildman–Crippen LogP) is 3.69. The third kappa shape index (κ3) is 3.19. The zero-order chi connectivity index (χ0) is 17.3. The van der Waals surface area contributed by atoms with Crippen molar-refractivity contribution in [2.75, 3.05) is 4.72 Å². The predicted molar refractivity (Wildman–Crippen MR) is 92.5 cm³/mol. The highest BCUT2D eigenvalue weighted by Gasteiger charge is 2.21. The normalized spacial score (nSPS) is 11.4. The first-order valence-electron chi connectivity index (χ1n) is 6.69. The molecule has 0 saturated carbocycles. The molecule has 9 heteroatoms. The van der Waals surface area contributed by atoms with E-state index in [1.165, 1.54) is 28.9 Å². The summed E-state index contributed by atoms with van der Waals surface area (Å²) in [4.78, 5) is -0.331. The van der Waals surface area contributed by atoms with Crippen molar-refractivity contribution in [1.29, 1.82) is 0 Å². The van der Waals surface area contributed by atoms with E-state index in [-0.39, 0.29) is 15.7 Å². The molecule has 0 aliphatic carbocycles. The quantitative estimate of drug-likeness (QED) is 0.719. The van der Waals surface area contributed by atoms with Crippen LogP contribution in [0.1, 0.15) is 0 Å². The summed E-state index contributed by atoms with van der Waals surface area (Å²) in [7, 11) is -4.04. The Hall–Kier alpha value is -2.22. The first kappa shape index (κ1) is 16.6. The van der Waals surface area contributed by atoms with E-state index in [2.05, 4.69) is 9.82 Å². The van der Waals surface area contributed by atoms with Gasteiger partial charge in [-0.1, -0.05) is 41.4 Å². The van der Waals surface area contributed by atoms with Gasteiger partial charge < -0.3 is 5.11 Å². The molecule has 3 rings (SSSR count). The van der Waals surface area contributed by atoms with E-state index in [0.29, 0.717) is 10.7 Å². The molecule has 1 heterocycles. The van der Waals surface area contributed by atoms with Crippen molar-refractivity contribution in [2.24, 2.45) is 0 Å². The Bertz CT molecular complexity index is 1000. The van der Waals surface area contributed by atoms with E-state index < -0.39 is 15.8 Å². The SMILES string of the molecule is O=S(=O)(Nc1ccn(-c2ccccc2Cl)n1)c1cccc(Cl)c1O. The van der Waals surface area contributed by atoms with Crippen molar-refractivity contribution < 1.29 is 13.5 Å². The van der Waals surface area contributed by atoms with Crippen LogP contribution in [-0.2, 0) is 10.0 Å². The van der Waals surface area contributed by atoms with Crippen LogP contribution in [0.2, 0.25) is 10.0 Å². The average Bonchev–Trinajstić information content (AvgIpc) is 2.97. The first-order chi connectivity index (χ1) is 11.4. The number of halogens is 2. The van der Waals surface area contributed by atoms with E-state index in [0.717, 1.165) is 0 Å². The van der Waals surface area contributed by atoms with Gasteiger partial charge in [-0.15, -0.1) is 5.10 Å². The van der Waals surface area contributed by atoms with E-state index >= 15 is 0 Å². The number of phenols is 1. The second-order valence-electron chi connectivity index (χ2n) is 4.79. The Balaban J connectivity index is 1.92. The molecule has 0 fully saturated rings. The van der Waals surface area contributed by atoms with Crippen LogP contribution in [0, 0.1) is 0 Å². The van der Waals surface area contributed by atoms with Gasteiger partial charge >= 0.3 is 0 Å². The summed E-state index contributed by atoms with van der Waals surface area (Å²) in [5, 5.41) is 14.4. The van der Waals surface area contributed by atoms with Crippen molar-refractivity contribution in [3.05, 3.63) is 64.8 Å². The molecule has 0 aliphatic rings. The Morgan fingerprint density at radius 1 is 1.00 bits per heavy atom. The summed E-state index contributed by atoms with van der Waals surface area (Å²) in [5.41, 5.74) is 0.607. The zero-order valence-corrected chi connectivity index (χ0v) is 14.3. The third-order valence-corrected chi connectivity index (χ3v) is 5.18. The minimum absolute atomic E-state index is 0.0560. The molecule has 3 aromatic rings. The highest BCUT2D eigenvalue weighted by atomic mass is 35.5. The average molecular weight is 384 g/mol. The zero-order valence-electron chi connectivity index (χ0n) is 12.0. The number of phenolic OH excluding ortho intramolecular Hbond substituents is 1. The van der Waals surface area contributed by atoms with Crippen LogP contribution in [-0.4, -0.2) is 23.3 Å². The number of aromatic nitrogens is 2. The van der Waals surface area contributed by atoms with Crippen molar-refractivity contribution in [2.45, 2.75) is 4.90 Å². The monoisotopic (exact) mass is 383 g/mol. The van der Waals surface area contributed by atoms with E-state index in [1.54, 1.807) is 30.5 Å². The van der Waals surface area contributed by atoms with Crippen LogP contribution < -0.4 is 4.72 Å². The van der Waals surface area contributed by atoms with Gasteiger partial charge in [-0.2, -0.15) is 0 Å². The number of hydrogen-bond acceptors (Lipinski definition) is 4. The molecule has 0 radical (unpaired) electrons. The van der Waals surface area contributed by atoms with Crippen LogP contribution in [0.25, 0.3) is 5.69 Å². The summed E-state index contributed by atoms with van der Waals surface area (Å²) in [6.45, 7) is 0. The summed E-state index contributed by atoms with van der Waals surface area (Å²) in [6.07, 6.45) is 1.57. The van der Waals surface area contributed by atoms with Gasteiger partial charge in [-0.3, -0.25) is 4.72 Å². The molecule has 2 aromatic carbocycles. The van der Waals surface area contributed by atoms with Crippen LogP contribution in [0.4, 0.5) is 5.82 Å². The summed E-state index contributed by atoms with van der Waals surface area (Å²) < 4.78 is 28.5. The molecule has 0 saturated heterocycles. The van der Waals surface area contributed by atoms with Gasteiger partial charge in [-0.05, 0) is 24.3 Å². The fourth-order valence-corrected chi connectivity index (χ4v) is 3.62. The van der Waals surface area contributed by atoms with Crippen molar-refractivity contribution in [1.82, 2.24) is 9.78 Å². The third-order valence-electron chi connectivity index (χ3n) is 3.17. The Morgan fingerprint density at radius 2 is 1.71 bits per heavy atom. The Morgan fingerprint density at radius 3 is 2.46 bits per heavy atom. The Kier molecular flexibility index (Phi) is 4.40. The van der Waals surface area contributed by atoms with E-state index in [9.17, 15) is 13.5 Å². The molecular weight excluding hydrogens is 373 g/mol. The number of benzene rings is 2. The first-order valence-corrected chi connectivity index (χ1v) is 8.93. The minimum Gasteiger partial charge on any atom is -0.505 e. The molecule has 0 atom stereocenters. The molecule has 0 bridgehead atoms. The van der Waals surface area contributed by atoms with Gasteiger partial charge in [-0.25, -0.2) is 13.1 Å². The van der Waals surface area contributed by atoms with Gasteiger partial charge in [0, 0.05) is 12.3 Å². The number of para-hydroxylation sites is 2. The van der Waals surface area contributed by atoms with Crippen LogP contribution in [0.3, 0.4) is 0 Å². The minimum atomic E-state index is -4.04. The van der Waals surface area contributed by atoms with Crippen LogP contribution in [0.5, 0.6) is 5.75 Å². The number of aromatic hydroxyl groups is 1. The highest BCUT2D eigenvalue weighted by Crippen LogP contribution is 2.31. The lowest BCUT2D eigenvalue weighted by molar-refractivity contribution is 0.459. The van der Waals surface area contributed by atoms with Gasteiger partial charge in [0.05, 0.1) is 15.7 Å². The highest BCUT2D eigenvalue weighted by molar-refractivity contribution is 7.92. The maximum atomic E-state index is 12.4. The fourth-order valence-electron chi connectivity index (χ4n) is 2.06. The molecule has 124 valence electrons. The maximum Gasteiger partial charge on any atom is 0.266 e. The van der Waals surface area contributed by atoms with Gasteiger partial charge in [0.1, 0.15) is 4.90 Å². The topological polar surface area (TPSA) is 84.2 Å². The molecule has 0 aliphatic heterocycles. The molecule has 24 heavy (non-hydrogen) atoms. The number of hydrogen-bond donors (Lipinski definition) is 2. The van der Waals surface area contributed by atoms with E-state index in [4.69, 9.17) is 23.2 Å². The summed E-state index contributed by atoms with van der Waals surface area (Å²) in [6, 6.07) is 12.6. The van der Waals surface area contributed by atoms with Crippen LogP contribution >= 0.6 is 23.2 Å².